The van der Waals surface area contributed by atoms with Gasteiger partial charge in [-0.1, -0.05) is 55.3 Å². The van der Waals surface area contributed by atoms with Crippen molar-refractivity contribution in [1.82, 2.24) is 10.2 Å². The second-order valence-corrected chi connectivity index (χ2v) is 14.8. The van der Waals surface area contributed by atoms with Crippen molar-refractivity contribution in [2.24, 2.45) is 11.8 Å². The number of aliphatic hydroxyl groups is 1. The third-order valence-electron chi connectivity index (χ3n) is 10.2. The lowest BCUT2D eigenvalue weighted by Gasteiger charge is -2.42. The van der Waals surface area contributed by atoms with Gasteiger partial charge < -0.3 is 28.8 Å². The molecular formula is C37H53ClN2O9. The number of Topliss-reactive ketones (excluding diaryl/α,β-unsaturated/α-hetero) is 1. The van der Waals surface area contributed by atoms with Gasteiger partial charge in [-0.3, -0.25) is 19.8 Å². The number of benzene rings is 1. The van der Waals surface area contributed by atoms with Crippen LogP contribution in [-0.4, -0.2) is 98.0 Å². The molecular weight excluding hydrogens is 652 g/mol. The van der Waals surface area contributed by atoms with Crippen LogP contribution in [0.3, 0.4) is 0 Å². The van der Waals surface area contributed by atoms with Crippen LogP contribution in [0.2, 0.25) is 5.02 Å². The van der Waals surface area contributed by atoms with Gasteiger partial charge in [-0.15, -0.1) is 0 Å². The SMILES string of the molecule is COc1cc2cc(c1Cl)CC(C)CCC(=O)CC(OC(=O)[C@H](C)N(C)C)C1(C)OC1C(C)C1CC(O)(NC(=O)O1)C(OC)/C=C/C=C(\C)C2. The number of ketones is 1. The first kappa shape index (κ1) is 38.8. The lowest BCUT2D eigenvalue weighted by molar-refractivity contribution is -0.158. The minimum absolute atomic E-state index is 0.00761. The van der Waals surface area contributed by atoms with Crippen molar-refractivity contribution < 1.29 is 43.2 Å². The number of hydrogen-bond donors (Lipinski definition) is 2. The number of esters is 1. The molecule has 2 heterocycles. The van der Waals surface area contributed by atoms with E-state index in [-0.39, 0.29) is 31.0 Å². The monoisotopic (exact) mass is 704 g/mol. The van der Waals surface area contributed by atoms with E-state index in [2.05, 4.69) is 18.3 Å². The van der Waals surface area contributed by atoms with Crippen LogP contribution in [0.15, 0.2) is 35.9 Å². The Labute approximate surface area is 295 Å². The number of methoxy groups -OCH3 is 2. The zero-order valence-corrected chi connectivity index (χ0v) is 31.0. The molecule has 0 radical (unpaired) electrons. The average molecular weight is 705 g/mol. The van der Waals surface area contributed by atoms with E-state index in [4.69, 9.17) is 35.3 Å². The molecule has 1 aromatic carbocycles. The topological polar surface area (TPSA) is 136 Å². The molecule has 2 fully saturated rings. The molecule has 2 saturated heterocycles. The summed E-state index contributed by atoms with van der Waals surface area (Å²) in [6.07, 6.45) is 3.76. The van der Waals surface area contributed by atoms with E-state index in [1.807, 2.05) is 32.9 Å². The zero-order valence-electron chi connectivity index (χ0n) is 30.2. The summed E-state index contributed by atoms with van der Waals surface area (Å²) in [6.45, 7) is 9.50. The van der Waals surface area contributed by atoms with Gasteiger partial charge in [-0.2, -0.15) is 0 Å². The summed E-state index contributed by atoms with van der Waals surface area (Å²) < 4.78 is 29.2. The number of fused-ring (bicyclic) bond motifs is 5. The Morgan fingerprint density at radius 3 is 2.55 bits per heavy atom. The van der Waals surface area contributed by atoms with Crippen LogP contribution in [-0.2, 0) is 41.4 Å². The first-order valence-electron chi connectivity index (χ1n) is 17.0. The molecule has 0 spiro atoms. The molecule has 1 amide bonds. The fraction of sp³-hybridized carbons (Fsp3) is 0.649. The lowest BCUT2D eigenvalue weighted by Crippen LogP contribution is -2.63. The number of halogens is 1. The molecule has 1 aromatic rings. The normalized spacial score (nSPS) is 35.2. The van der Waals surface area contributed by atoms with Crippen LogP contribution >= 0.6 is 11.6 Å². The molecule has 12 heteroatoms. The van der Waals surface area contributed by atoms with Crippen molar-refractivity contribution in [1.29, 1.82) is 0 Å². The van der Waals surface area contributed by atoms with E-state index in [1.54, 1.807) is 45.2 Å². The zero-order chi connectivity index (χ0) is 36.3. The van der Waals surface area contributed by atoms with E-state index in [0.717, 1.165) is 16.7 Å². The maximum Gasteiger partial charge on any atom is 0.409 e. The Kier molecular flexibility index (Phi) is 12.6. The van der Waals surface area contributed by atoms with Crippen molar-refractivity contribution in [2.75, 3.05) is 28.3 Å². The van der Waals surface area contributed by atoms with Crippen molar-refractivity contribution in [3.8, 4) is 5.75 Å². The van der Waals surface area contributed by atoms with Gasteiger partial charge in [0.2, 0.25) is 0 Å². The molecule has 3 aliphatic rings. The number of amides is 1. The Morgan fingerprint density at radius 1 is 1.18 bits per heavy atom. The van der Waals surface area contributed by atoms with Crippen LogP contribution in [0.5, 0.6) is 5.75 Å². The Balaban J connectivity index is 1.70. The maximum atomic E-state index is 13.5. The number of epoxide rings is 1. The van der Waals surface area contributed by atoms with E-state index in [9.17, 15) is 19.5 Å². The number of allylic oxidation sites excluding steroid dienone is 3. The molecule has 2 N–H and O–H groups in total. The molecule has 4 bridgehead atoms. The molecule has 49 heavy (non-hydrogen) atoms. The molecule has 2 aliphatic heterocycles. The highest BCUT2D eigenvalue weighted by Crippen LogP contribution is 2.49. The number of hydrogen-bond acceptors (Lipinski definition) is 10. The fourth-order valence-corrected chi connectivity index (χ4v) is 7.07. The van der Waals surface area contributed by atoms with Gasteiger partial charge in [0, 0.05) is 32.3 Å². The standard InChI is InChI=1S/C37H53ClN2O9/c1-21-11-10-12-30(46-9)37(44)20-29(47-35(43)39-37)23(3)33-36(5,49-33)31(48-34(42)24(4)40(6)7)19-27(41)14-13-22(2)16-26-17-25(15-21)18-28(45-8)32(26)38/h10-12,17-18,22-24,29-31,33,44H,13-16,19-20H2,1-9H3,(H,39,43)/b12-10+,21-11+/t22?,23?,24-,29?,30?,31?,33?,36?,37?/m0/s1. The molecule has 9 atom stereocenters. The number of carbonyl (C=O) groups excluding carboxylic acids is 3. The number of rotatable bonds is 5. The summed E-state index contributed by atoms with van der Waals surface area (Å²) in [4.78, 5) is 41.2. The van der Waals surface area contributed by atoms with Crippen LogP contribution in [0, 0.1) is 11.8 Å². The van der Waals surface area contributed by atoms with E-state index >= 15 is 0 Å². The first-order valence-corrected chi connectivity index (χ1v) is 17.4. The fourth-order valence-electron chi connectivity index (χ4n) is 6.80. The second-order valence-electron chi connectivity index (χ2n) is 14.4. The lowest BCUT2D eigenvalue weighted by atomic mass is 9.83. The van der Waals surface area contributed by atoms with E-state index in [0.29, 0.717) is 30.0 Å². The summed E-state index contributed by atoms with van der Waals surface area (Å²) in [5.41, 5.74) is 0.206. The van der Waals surface area contributed by atoms with Gasteiger partial charge in [0.1, 0.15) is 41.5 Å². The Hall–Kier alpha value is -2.96. The van der Waals surface area contributed by atoms with Gasteiger partial charge in [-0.05, 0) is 77.2 Å². The number of carbonyl (C=O) groups is 3. The van der Waals surface area contributed by atoms with Gasteiger partial charge >= 0.3 is 12.1 Å². The highest BCUT2D eigenvalue weighted by Gasteiger charge is 2.64. The number of nitrogens with zero attached hydrogens (tertiary/aromatic N) is 1. The largest absolute Gasteiger partial charge is 0.495 e. The van der Waals surface area contributed by atoms with Crippen molar-refractivity contribution in [3.05, 3.63) is 52.1 Å². The van der Waals surface area contributed by atoms with Crippen molar-refractivity contribution in [2.45, 2.75) is 115 Å². The predicted octanol–water partition coefficient (Wildman–Crippen LogP) is 5.18. The van der Waals surface area contributed by atoms with Gasteiger partial charge in [0.25, 0.3) is 0 Å². The summed E-state index contributed by atoms with van der Waals surface area (Å²) in [5.74, 6) is -0.218. The van der Waals surface area contributed by atoms with Gasteiger partial charge in [0.15, 0.2) is 5.72 Å². The highest BCUT2D eigenvalue weighted by atomic mass is 35.5. The molecule has 4 rings (SSSR count). The minimum atomic E-state index is -1.78. The molecule has 1 aliphatic carbocycles. The third kappa shape index (κ3) is 9.24. The molecule has 11 nitrogen and oxygen atoms in total. The van der Waals surface area contributed by atoms with Gasteiger partial charge in [0.05, 0.1) is 18.2 Å². The number of likely N-dealkylation sites (N-methyl/N-ethyl adjacent to an activating group) is 1. The molecule has 0 aromatic heterocycles. The van der Waals surface area contributed by atoms with Gasteiger partial charge in [-0.25, -0.2) is 4.79 Å². The summed E-state index contributed by atoms with van der Waals surface area (Å²) in [5, 5.41) is 14.8. The number of nitrogens with one attached hydrogen (secondary N) is 1. The average Bonchev–Trinajstić information content (AvgIpc) is 3.73. The first-order chi connectivity index (χ1) is 23.0. The molecule has 272 valence electrons. The van der Waals surface area contributed by atoms with Crippen molar-refractivity contribution in [3.63, 3.8) is 0 Å². The maximum absolute atomic E-state index is 13.5. The highest BCUT2D eigenvalue weighted by molar-refractivity contribution is 6.32. The molecule has 8 unspecified atom stereocenters. The summed E-state index contributed by atoms with van der Waals surface area (Å²) >= 11 is 6.75. The van der Waals surface area contributed by atoms with Crippen molar-refractivity contribution >= 4 is 29.4 Å². The van der Waals surface area contributed by atoms with Crippen LogP contribution in [0.1, 0.15) is 71.4 Å². The molecule has 0 saturated carbocycles. The van der Waals surface area contributed by atoms with Crippen LogP contribution in [0.4, 0.5) is 4.79 Å². The van der Waals surface area contributed by atoms with E-state index in [1.165, 1.54) is 7.11 Å². The quantitative estimate of drug-likeness (QED) is 0.312. The Bertz CT molecular complexity index is 1450. The summed E-state index contributed by atoms with van der Waals surface area (Å²) in [6, 6.07) is 3.45. The van der Waals surface area contributed by atoms with Crippen LogP contribution < -0.4 is 10.1 Å². The second kappa shape index (κ2) is 15.9. The summed E-state index contributed by atoms with van der Waals surface area (Å²) in [7, 11) is 6.60. The Morgan fingerprint density at radius 2 is 1.90 bits per heavy atom. The van der Waals surface area contributed by atoms with Crippen LogP contribution in [0.25, 0.3) is 0 Å². The number of ether oxygens (including phenoxy) is 5. The third-order valence-corrected chi connectivity index (χ3v) is 10.7. The smallest absolute Gasteiger partial charge is 0.409 e. The van der Waals surface area contributed by atoms with E-state index < -0.39 is 59.8 Å². The minimum Gasteiger partial charge on any atom is -0.495 e. The number of alkyl carbamates (subject to hydrolysis) is 1. The predicted molar refractivity (Wildman–Crippen MR) is 186 cm³/mol.